The highest BCUT2D eigenvalue weighted by atomic mass is 32.1. The Morgan fingerprint density at radius 2 is 2.06 bits per heavy atom. The maximum absolute atomic E-state index is 4.64. The van der Waals surface area contributed by atoms with Crippen LogP contribution in [0.25, 0.3) is 0 Å². The zero-order valence-corrected chi connectivity index (χ0v) is 12.1. The lowest BCUT2D eigenvalue weighted by Crippen LogP contribution is -2.23. The average Bonchev–Trinajstić information content (AvgIpc) is 2.82. The molecule has 0 saturated carbocycles. The number of nitrogens with one attached hydrogen (secondary N) is 1. The van der Waals surface area contributed by atoms with Crippen LogP contribution in [0.4, 0.5) is 0 Å². The van der Waals surface area contributed by atoms with Crippen LogP contribution >= 0.6 is 11.3 Å². The molecule has 0 spiro atoms. The number of thiazole rings is 1. The number of aryl methyl sites for hydroxylation is 2. The third-order valence-corrected chi connectivity index (χ3v) is 4.07. The van der Waals surface area contributed by atoms with E-state index in [1.807, 2.05) is 0 Å². The minimum absolute atomic E-state index is 0.227. The summed E-state index contributed by atoms with van der Waals surface area (Å²) < 4.78 is 0. The van der Waals surface area contributed by atoms with Gasteiger partial charge in [0.2, 0.25) is 0 Å². The van der Waals surface area contributed by atoms with Gasteiger partial charge < -0.3 is 5.32 Å². The fourth-order valence-corrected chi connectivity index (χ4v) is 3.06. The lowest BCUT2D eigenvalue weighted by molar-refractivity contribution is 0.621. The molecular formula is C15H20N2S. The molecule has 0 saturated heterocycles. The minimum atomic E-state index is 0.227. The molecule has 0 radical (unpaired) electrons. The maximum atomic E-state index is 4.64. The Bertz CT molecular complexity index is 505. The number of benzene rings is 1. The molecule has 2 rings (SSSR count). The normalized spacial score (nSPS) is 12.6. The number of hydrogen-bond acceptors (Lipinski definition) is 3. The highest BCUT2D eigenvalue weighted by Gasteiger charge is 2.18. The summed E-state index contributed by atoms with van der Waals surface area (Å²) in [5.74, 6) is 0. The summed E-state index contributed by atoms with van der Waals surface area (Å²) in [7, 11) is 0. The second-order valence-corrected chi connectivity index (χ2v) is 5.26. The van der Waals surface area contributed by atoms with Gasteiger partial charge in [-0.3, -0.25) is 0 Å². The van der Waals surface area contributed by atoms with Crippen LogP contribution in [0.1, 0.15) is 41.7 Å². The van der Waals surface area contributed by atoms with Crippen LogP contribution in [-0.2, 0) is 6.42 Å². The summed E-state index contributed by atoms with van der Waals surface area (Å²) in [5.41, 5.74) is 3.86. The first-order valence-corrected chi connectivity index (χ1v) is 7.37. The van der Waals surface area contributed by atoms with E-state index >= 15 is 0 Å². The standard InChI is InChI=1S/C15H20N2S/c1-4-12-8-6-7-9-13(12)14(16-5-2)15-17-11(3)10-18-15/h6-10,14,16H,4-5H2,1-3H3. The van der Waals surface area contributed by atoms with Crippen molar-refractivity contribution in [2.45, 2.75) is 33.2 Å². The van der Waals surface area contributed by atoms with Crippen molar-refractivity contribution in [3.63, 3.8) is 0 Å². The summed E-state index contributed by atoms with van der Waals surface area (Å²) in [4.78, 5) is 4.64. The SMILES string of the molecule is CCNC(c1nc(C)cs1)c1ccccc1CC. The molecule has 0 amide bonds. The quantitative estimate of drug-likeness (QED) is 0.886. The van der Waals surface area contributed by atoms with E-state index in [0.717, 1.165) is 23.7 Å². The van der Waals surface area contributed by atoms with Gasteiger partial charge in [0.1, 0.15) is 5.01 Å². The molecule has 1 N–H and O–H groups in total. The van der Waals surface area contributed by atoms with Crippen LogP contribution in [0.5, 0.6) is 0 Å². The van der Waals surface area contributed by atoms with Crippen molar-refractivity contribution in [3.8, 4) is 0 Å². The first-order chi connectivity index (χ1) is 8.76. The van der Waals surface area contributed by atoms with Crippen LogP contribution in [0, 0.1) is 6.92 Å². The van der Waals surface area contributed by atoms with Gasteiger partial charge in [-0.25, -0.2) is 4.98 Å². The molecule has 0 aliphatic rings. The fraction of sp³-hybridized carbons (Fsp3) is 0.400. The molecule has 96 valence electrons. The van der Waals surface area contributed by atoms with Gasteiger partial charge in [0.25, 0.3) is 0 Å². The largest absolute Gasteiger partial charge is 0.305 e. The van der Waals surface area contributed by atoms with Crippen LogP contribution < -0.4 is 5.32 Å². The topological polar surface area (TPSA) is 24.9 Å². The van der Waals surface area contributed by atoms with Crippen LogP contribution in [0.15, 0.2) is 29.6 Å². The molecule has 1 aromatic heterocycles. The zero-order valence-electron chi connectivity index (χ0n) is 11.2. The Labute approximate surface area is 113 Å². The molecule has 18 heavy (non-hydrogen) atoms. The van der Waals surface area contributed by atoms with Crippen molar-refractivity contribution in [1.82, 2.24) is 10.3 Å². The fourth-order valence-electron chi connectivity index (χ4n) is 2.18. The molecule has 0 aliphatic carbocycles. The Kier molecular flexibility index (Phi) is 4.50. The van der Waals surface area contributed by atoms with E-state index in [-0.39, 0.29) is 6.04 Å². The van der Waals surface area contributed by atoms with Gasteiger partial charge in [0, 0.05) is 11.1 Å². The monoisotopic (exact) mass is 260 g/mol. The first kappa shape index (κ1) is 13.2. The van der Waals surface area contributed by atoms with Gasteiger partial charge in [-0.15, -0.1) is 11.3 Å². The van der Waals surface area contributed by atoms with Crippen LogP contribution in [0.2, 0.25) is 0 Å². The second kappa shape index (κ2) is 6.12. The highest BCUT2D eigenvalue weighted by molar-refractivity contribution is 7.09. The molecule has 1 heterocycles. The van der Waals surface area contributed by atoms with Gasteiger partial charge in [0.15, 0.2) is 0 Å². The Hall–Kier alpha value is -1.19. The number of rotatable bonds is 5. The maximum Gasteiger partial charge on any atom is 0.114 e. The molecule has 2 aromatic rings. The first-order valence-electron chi connectivity index (χ1n) is 6.49. The molecule has 0 fully saturated rings. The molecule has 1 aromatic carbocycles. The second-order valence-electron chi connectivity index (χ2n) is 4.37. The van der Waals surface area contributed by atoms with Gasteiger partial charge in [0.05, 0.1) is 6.04 Å². The number of nitrogens with zero attached hydrogens (tertiary/aromatic N) is 1. The summed E-state index contributed by atoms with van der Waals surface area (Å²) in [6, 6.07) is 8.87. The van der Waals surface area contributed by atoms with E-state index in [1.54, 1.807) is 11.3 Å². The lowest BCUT2D eigenvalue weighted by atomic mass is 9.99. The average molecular weight is 260 g/mol. The molecule has 1 atom stereocenters. The van der Waals surface area contributed by atoms with Crippen molar-refractivity contribution >= 4 is 11.3 Å². The zero-order chi connectivity index (χ0) is 13.0. The van der Waals surface area contributed by atoms with Gasteiger partial charge in [-0.2, -0.15) is 0 Å². The predicted octanol–water partition coefficient (Wildman–Crippen LogP) is 3.71. The van der Waals surface area contributed by atoms with E-state index in [0.29, 0.717) is 0 Å². The minimum Gasteiger partial charge on any atom is -0.305 e. The molecule has 0 aliphatic heterocycles. The van der Waals surface area contributed by atoms with E-state index in [1.165, 1.54) is 11.1 Å². The summed E-state index contributed by atoms with van der Waals surface area (Å²) in [5, 5.41) is 6.83. The number of aromatic nitrogens is 1. The van der Waals surface area contributed by atoms with Crippen LogP contribution in [-0.4, -0.2) is 11.5 Å². The summed E-state index contributed by atoms with van der Waals surface area (Å²) in [6.45, 7) is 7.34. The predicted molar refractivity (Wildman–Crippen MR) is 78.2 cm³/mol. The van der Waals surface area contributed by atoms with Crippen molar-refractivity contribution in [1.29, 1.82) is 0 Å². The van der Waals surface area contributed by atoms with Gasteiger partial charge >= 0.3 is 0 Å². The smallest absolute Gasteiger partial charge is 0.114 e. The Balaban J connectivity index is 2.41. The van der Waals surface area contributed by atoms with E-state index < -0.39 is 0 Å². The molecule has 1 unspecified atom stereocenters. The van der Waals surface area contributed by atoms with Crippen LogP contribution in [0.3, 0.4) is 0 Å². The molecule has 0 bridgehead atoms. The summed E-state index contributed by atoms with van der Waals surface area (Å²) in [6.07, 6.45) is 1.06. The Morgan fingerprint density at radius 3 is 2.67 bits per heavy atom. The third-order valence-electron chi connectivity index (χ3n) is 3.04. The molecule has 3 heteroatoms. The van der Waals surface area contributed by atoms with Gasteiger partial charge in [-0.05, 0) is 31.0 Å². The van der Waals surface area contributed by atoms with E-state index in [4.69, 9.17) is 0 Å². The lowest BCUT2D eigenvalue weighted by Gasteiger charge is -2.19. The third kappa shape index (κ3) is 2.79. The van der Waals surface area contributed by atoms with Crippen molar-refractivity contribution < 1.29 is 0 Å². The van der Waals surface area contributed by atoms with Crippen molar-refractivity contribution in [3.05, 3.63) is 51.5 Å². The van der Waals surface area contributed by atoms with E-state index in [2.05, 4.69) is 60.7 Å². The molecule has 2 nitrogen and oxygen atoms in total. The number of hydrogen-bond donors (Lipinski definition) is 1. The summed E-state index contributed by atoms with van der Waals surface area (Å²) >= 11 is 1.74. The van der Waals surface area contributed by atoms with Gasteiger partial charge in [-0.1, -0.05) is 38.1 Å². The Morgan fingerprint density at radius 1 is 1.28 bits per heavy atom. The van der Waals surface area contributed by atoms with E-state index in [9.17, 15) is 0 Å². The highest BCUT2D eigenvalue weighted by Crippen LogP contribution is 2.27. The van der Waals surface area contributed by atoms with Crippen molar-refractivity contribution in [2.24, 2.45) is 0 Å². The molecular weight excluding hydrogens is 240 g/mol. The van der Waals surface area contributed by atoms with Crippen molar-refractivity contribution in [2.75, 3.05) is 6.54 Å².